The summed E-state index contributed by atoms with van der Waals surface area (Å²) >= 11 is 5.82. The molecule has 0 heterocycles. The fraction of sp³-hybridized carbons (Fsp3) is 0.231. The minimum Gasteiger partial charge on any atom is -0.494 e. The maximum atomic E-state index is 11.7. The second-order valence-corrected chi connectivity index (χ2v) is 4.37. The van der Waals surface area contributed by atoms with Crippen LogP contribution in [0.5, 0.6) is 5.75 Å². The van der Waals surface area contributed by atoms with Crippen molar-refractivity contribution in [3.63, 3.8) is 0 Å². The summed E-state index contributed by atoms with van der Waals surface area (Å²) in [5.74, 6) is -1.61. The second-order valence-electron chi connectivity index (χ2n) is 3.96. The maximum absolute atomic E-state index is 11.7. The van der Waals surface area contributed by atoms with E-state index in [0.29, 0.717) is 0 Å². The number of nitro benzene ring substituents is 1. The lowest BCUT2D eigenvalue weighted by Gasteiger charge is -2.13. The van der Waals surface area contributed by atoms with Crippen LogP contribution in [0.4, 0.5) is 11.4 Å². The summed E-state index contributed by atoms with van der Waals surface area (Å²) in [5.41, 5.74) is -0.503. The van der Waals surface area contributed by atoms with Gasteiger partial charge in [-0.05, 0) is 6.07 Å². The number of rotatable bonds is 6. The van der Waals surface area contributed by atoms with Gasteiger partial charge in [-0.15, -0.1) is 0 Å². The van der Waals surface area contributed by atoms with Gasteiger partial charge in [-0.1, -0.05) is 11.6 Å². The number of nitrogens with one attached hydrogen (secondary N) is 1. The molecule has 0 unspecified atom stereocenters. The van der Waals surface area contributed by atoms with E-state index in [2.05, 4.69) is 14.8 Å². The zero-order valence-electron chi connectivity index (χ0n) is 12.4. The number of carbonyl (C=O) groups excluding carboxylic acids is 2. The van der Waals surface area contributed by atoms with E-state index in [0.717, 1.165) is 26.4 Å². The molecular weight excluding hydrogens is 332 g/mol. The maximum Gasteiger partial charge on any atom is 0.354 e. The van der Waals surface area contributed by atoms with Crippen LogP contribution >= 0.6 is 11.6 Å². The quantitative estimate of drug-likeness (QED) is 0.360. The van der Waals surface area contributed by atoms with E-state index in [1.165, 1.54) is 13.2 Å². The molecule has 0 saturated carbocycles. The molecule has 0 radical (unpaired) electrons. The van der Waals surface area contributed by atoms with E-state index in [4.69, 9.17) is 16.3 Å². The fourth-order valence-electron chi connectivity index (χ4n) is 1.53. The van der Waals surface area contributed by atoms with E-state index >= 15 is 0 Å². The van der Waals surface area contributed by atoms with Crippen molar-refractivity contribution in [1.29, 1.82) is 0 Å². The van der Waals surface area contributed by atoms with Crippen LogP contribution in [0, 0.1) is 10.1 Å². The summed E-state index contributed by atoms with van der Waals surface area (Å²) in [6, 6.07) is 2.27. The van der Waals surface area contributed by atoms with Gasteiger partial charge in [-0.25, -0.2) is 9.59 Å². The molecule has 1 aromatic rings. The number of hydrogen-bond donors (Lipinski definition) is 1. The average Bonchev–Trinajstić information content (AvgIpc) is 2.53. The lowest BCUT2D eigenvalue weighted by Crippen LogP contribution is -2.16. The summed E-state index contributed by atoms with van der Waals surface area (Å²) in [6.07, 6.45) is 0.862. The Morgan fingerprint density at radius 3 is 2.39 bits per heavy atom. The second kappa shape index (κ2) is 7.99. The molecule has 0 bridgehead atoms. The number of esters is 2. The molecule has 23 heavy (non-hydrogen) atoms. The van der Waals surface area contributed by atoms with Crippen LogP contribution in [-0.4, -0.2) is 38.2 Å². The third-order valence-electron chi connectivity index (χ3n) is 2.60. The first-order chi connectivity index (χ1) is 10.8. The summed E-state index contributed by atoms with van der Waals surface area (Å²) in [7, 11) is 3.53. The third kappa shape index (κ3) is 4.58. The van der Waals surface area contributed by atoms with E-state index in [9.17, 15) is 19.7 Å². The predicted octanol–water partition coefficient (Wildman–Crippen LogP) is 1.90. The zero-order chi connectivity index (χ0) is 17.6. The molecule has 124 valence electrons. The highest BCUT2D eigenvalue weighted by Gasteiger charge is 2.20. The van der Waals surface area contributed by atoms with Crippen LogP contribution in [-0.2, 0) is 19.1 Å². The summed E-state index contributed by atoms with van der Waals surface area (Å²) in [6.45, 7) is 0. The van der Waals surface area contributed by atoms with Crippen molar-refractivity contribution in [3.8, 4) is 5.75 Å². The molecule has 0 fully saturated rings. The zero-order valence-corrected chi connectivity index (χ0v) is 13.2. The Morgan fingerprint density at radius 2 is 1.91 bits per heavy atom. The number of hydrogen-bond acceptors (Lipinski definition) is 8. The van der Waals surface area contributed by atoms with E-state index < -0.39 is 16.9 Å². The van der Waals surface area contributed by atoms with Crippen molar-refractivity contribution in [3.05, 3.63) is 39.0 Å². The molecule has 0 amide bonds. The Morgan fingerprint density at radius 1 is 1.26 bits per heavy atom. The van der Waals surface area contributed by atoms with Crippen LogP contribution in [0.2, 0.25) is 5.02 Å². The third-order valence-corrected chi connectivity index (χ3v) is 2.91. The van der Waals surface area contributed by atoms with Crippen LogP contribution in [0.15, 0.2) is 23.9 Å². The highest BCUT2D eigenvalue weighted by Crippen LogP contribution is 2.36. The minimum absolute atomic E-state index is 0.0424. The summed E-state index contributed by atoms with van der Waals surface area (Å²) < 4.78 is 14.0. The Kier molecular flexibility index (Phi) is 6.34. The number of nitrogens with zero attached hydrogens (tertiary/aromatic N) is 1. The van der Waals surface area contributed by atoms with Gasteiger partial charge in [0, 0.05) is 0 Å². The van der Waals surface area contributed by atoms with Gasteiger partial charge in [0.15, 0.2) is 0 Å². The molecule has 9 nitrogen and oxygen atoms in total. The van der Waals surface area contributed by atoms with Gasteiger partial charge < -0.3 is 19.5 Å². The SMILES string of the molecule is COC(=O)/C=C(/Nc1cc(Cl)c([N+](=O)[O-])cc1OC)C(=O)OC. The van der Waals surface area contributed by atoms with E-state index in [1.807, 2.05) is 0 Å². The monoisotopic (exact) mass is 344 g/mol. The standard InChI is InChI=1S/C13H13ClN2O7/c1-21-11-6-10(16(19)20)7(14)4-8(11)15-9(13(18)23-3)5-12(17)22-2/h4-6,15H,1-3H3/b9-5+. The number of carbonyl (C=O) groups is 2. The van der Waals surface area contributed by atoms with Crippen LogP contribution in [0.3, 0.4) is 0 Å². The fourth-order valence-corrected chi connectivity index (χ4v) is 1.76. The van der Waals surface area contributed by atoms with Gasteiger partial charge in [0.2, 0.25) is 0 Å². The predicted molar refractivity (Wildman–Crippen MR) is 80.4 cm³/mol. The molecule has 0 aromatic heterocycles. The molecular formula is C13H13ClN2O7. The number of methoxy groups -OCH3 is 3. The average molecular weight is 345 g/mol. The van der Waals surface area contributed by atoms with Gasteiger partial charge in [0.1, 0.15) is 16.5 Å². The van der Waals surface area contributed by atoms with Gasteiger partial charge >= 0.3 is 11.9 Å². The molecule has 0 aliphatic carbocycles. The first-order valence-electron chi connectivity index (χ1n) is 6.01. The first kappa shape index (κ1) is 18.2. The normalized spacial score (nSPS) is 10.7. The van der Waals surface area contributed by atoms with Crippen LogP contribution in [0.1, 0.15) is 0 Å². The molecule has 1 N–H and O–H groups in total. The molecule has 10 heteroatoms. The van der Waals surface area contributed by atoms with Gasteiger partial charge in [0.25, 0.3) is 5.69 Å². The van der Waals surface area contributed by atoms with Crippen molar-refractivity contribution in [1.82, 2.24) is 0 Å². The van der Waals surface area contributed by atoms with Crippen molar-refractivity contribution < 1.29 is 28.7 Å². The highest BCUT2D eigenvalue weighted by molar-refractivity contribution is 6.33. The number of anilines is 1. The molecule has 0 spiro atoms. The minimum atomic E-state index is -0.855. The smallest absolute Gasteiger partial charge is 0.354 e. The lowest BCUT2D eigenvalue weighted by atomic mass is 10.2. The van der Waals surface area contributed by atoms with Crippen molar-refractivity contribution in [2.45, 2.75) is 0 Å². The van der Waals surface area contributed by atoms with Gasteiger partial charge in [0.05, 0.1) is 44.1 Å². The summed E-state index contributed by atoms with van der Waals surface area (Å²) in [4.78, 5) is 33.2. The Balaban J connectivity index is 3.30. The number of ether oxygens (including phenoxy) is 3. The van der Waals surface area contributed by atoms with Gasteiger partial charge in [-0.2, -0.15) is 0 Å². The van der Waals surface area contributed by atoms with Crippen molar-refractivity contribution >= 4 is 34.9 Å². The summed E-state index contributed by atoms with van der Waals surface area (Å²) in [5, 5.41) is 13.3. The number of halogens is 1. The molecule has 0 atom stereocenters. The molecule has 1 aromatic carbocycles. The Hall–Kier alpha value is -2.81. The molecule has 0 saturated heterocycles. The van der Waals surface area contributed by atoms with Crippen molar-refractivity contribution in [2.75, 3.05) is 26.6 Å². The Bertz CT molecular complexity index is 673. The first-order valence-corrected chi connectivity index (χ1v) is 6.38. The van der Waals surface area contributed by atoms with Crippen molar-refractivity contribution in [2.24, 2.45) is 0 Å². The topological polar surface area (TPSA) is 117 Å². The lowest BCUT2D eigenvalue weighted by molar-refractivity contribution is -0.384. The van der Waals surface area contributed by atoms with Gasteiger partial charge in [-0.3, -0.25) is 10.1 Å². The largest absolute Gasteiger partial charge is 0.494 e. The molecule has 1 rings (SSSR count). The highest BCUT2D eigenvalue weighted by atomic mass is 35.5. The molecule has 0 aliphatic heterocycles. The number of benzene rings is 1. The van der Waals surface area contributed by atoms with E-state index in [1.54, 1.807) is 0 Å². The van der Waals surface area contributed by atoms with Crippen LogP contribution in [0.25, 0.3) is 0 Å². The van der Waals surface area contributed by atoms with Crippen LogP contribution < -0.4 is 10.1 Å². The Labute approximate surface area is 135 Å². The van der Waals surface area contributed by atoms with E-state index in [-0.39, 0.29) is 27.8 Å². The number of nitro groups is 1. The molecule has 0 aliphatic rings.